The number of benzene rings is 2. The van der Waals surface area contributed by atoms with E-state index in [0.29, 0.717) is 32.3 Å². The van der Waals surface area contributed by atoms with Crippen LogP contribution < -0.4 is 0 Å². The fourth-order valence-corrected chi connectivity index (χ4v) is 3.14. The van der Waals surface area contributed by atoms with Gasteiger partial charge in [-0.15, -0.1) is 10.2 Å². The van der Waals surface area contributed by atoms with Gasteiger partial charge in [-0.05, 0) is 64.2 Å². The van der Waals surface area contributed by atoms with Crippen LogP contribution in [0, 0.1) is 6.92 Å². The van der Waals surface area contributed by atoms with Gasteiger partial charge in [0.05, 0.1) is 11.4 Å². The molecule has 148 valence electrons. The quantitative estimate of drug-likeness (QED) is 0.479. The van der Waals surface area contributed by atoms with E-state index in [9.17, 15) is 13.2 Å². The molecule has 0 radical (unpaired) electrons. The standard InChI is InChI=1S/C16H9Cl2F3N8/c1-8-22-24-26-28(8)14-5-2-9(17)6-12(14)11-7-10(3-4-13(11)18)29-15(16(19,20)21)23-25-27-29/h2-7H,1H3. The molecule has 0 saturated heterocycles. The zero-order valence-corrected chi connectivity index (χ0v) is 15.9. The highest BCUT2D eigenvalue weighted by molar-refractivity contribution is 6.34. The van der Waals surface area contributed by atoms with Crippen LogP contribution in [-0.4, -0.2) is 40.4 Å². The molecule has 0 fully saturated rings. The molecule has 4 rings (SSSR count). The fraction of sp³-hybridized carbons (Fsp3) is 0.125. The maximum atomic E-state index is 13.2. The Kier molecular flexibility index (Phi) is 4.71. The van der Waals surface area contributed by atoms with Gasteiger partial charge in [0.2, 0.25) is 0 Å². The number of alkyl halides is 3. The molecular formula is C16H9Cl2F3N8. The smallest absolute Gasteiger partial charge is 0.197 e. The van der Waals surface area contributed by atoms with E-state index in [4.69, 9.17) is 23.2 Å². The van der Waals surface area contributed by atoms with Crippen LogP contribution in [0.3, 0.4) is 0 Å². The molecule has 0 bridgehead atoms. The maximum Gasteiger partial charge on any atom is 0.453 e. The first-order valence-electron chi connectivity index (χ1n) is 7.96. The van der Waals surface area contributed by atoms with Crippen LogP contribution in [-0.2, 0) is 6.18 Å². The molecule has 0 atom stereocenters. The molecule has 8 nitrogen and oxygen atoms in total. The Balaban J connectivity index is 1.93. The Morgan fingerprint density at radius 1 is 0.862 bits per heavy atom. The molecule has 0 unspecified atom stereocenters. The minimum atomic E-state index is -4.73. The summed E-state index contributed by atoms with van der Waals surface area (Å²) in [5.41, 5.74) is 1.53. The van der Waals surface area contributed by atoms with Gasteiger partial charge in [-0.1, -0.05) is 23.2 Å². The Bertz CT molecular complexity index is 1200. The molecule has 0 aliphatic carbocycles. The van der Waals surface area contributed by atoms with Gasteiger partial charge in [-0.25, -0.2) is 0 Å². The van der Waals surface area contributed by atoms with Crippen LogP contribution in [0.4, 0.5) is 13.2 Å². The Morgan fingerprint density at radius 2 is 1.59 bits per heavy atom. The SMILES string of the molecule is Cc1nnnn1-c1ccc(Cl)cc1-c1cc(-n2nnnc2C(F)(F)F)ccc1Cl. The van der Waals surface area contributed by atoms with E-state index in [1.54, 1.807) is 25.1 Å². The molecule has 0 aliphatic heterocycles. The number of hydrogen-bond donors (Lipinski definition) is 0. The third-order valence-electron chi connectivity index (χ3n) is 4.02. The summed E-state index contributed by atoms with van der Waals surface area (Å²) < 4.78 is 41.6. The molecule has 4 aromatic rings. The first-order valence-corrected chi connectivity index (χ1v) is 8.72. The summed E-state index contributed by atoms with van der Waals surface area (Å²) >= 11 is 12.5. The molecule has 2 aromatic carbocycles. The maximum absolute atomic E-state index is 13.2. The number of aryl methyl sites for hydroxylation is 1. The summed E-state index contributed by atoms with van der Waals surface area (Å²) in [6, 6.07) is 9.20. The van der Waals surface area contributed by atoms with Crippen LogP contribution in [0.25, 0.3) is 22.5 Å². The van der Waals surface area contributed by atoms with Crippen molar-refractivity contribution in [3.05, 3.63) is 58.1 Å². The number of tetrazole rings is 2. The molecule has 29 heavy (non-hydrogen) atoms. The van der Waals surface area contributed by atoms with E-state index in [0.717, 1.165) is 0 Å². The highest BCUT2D eigenvalue weighted by Gasteiger charge is 2.38. The predicted molar refractivity (Wildman–Crippen MR) is 97.1 cm³/mol. The number of halogens is 5. The second kappa shape index (κ2) is 7.08. The zero-order valence-electron chi connectivity index (χ0n) is 14.4. The molecule has 13 heteroatoms. The summed E-state index contributed by atoms with van der Waals surface area (Å²) in [6.45, 7) is 1.70. The lowest BCUT2D eigenvalue weighted by atomic mass is 10.0. The van der Waals surface area contributed by atoms with Crippen molar-refractivity contribution >= 4 is 23.2 Å². The van der Waals surface area contributed by atoms with Gasteiger partial charge in [0.1, 0.15) is 0 Å². The molecule has 2 aromatic heterocycles. The largest absolute Gasteiger partial charge is 0.453 e. The average Bonchev–Trinajstić information content (AvgIpc) is 3.31. The van der Waals surface area contributed by atoms with Crippen LogP contribution in [0.1, 0.15) is 11.6 Å². The van der Waals surface area contributed by atoms with E-state index < -0.39 is 12.0 Å². The van der Waals surface area contributed by atoms with Crippen LogP contribution in [0.2, 0.25) is 10.0 Å². The molecule has 0 amide bonds. The number of hydrogen-bond acceptors (Lipinski definition) is 6. The van der Waals surface area contributed by atoms with Crippen molar-refractivity contribution < 1.29 is 13.2 Å². The zero-order chi connectivity index (χ0) is 20.8. The van der Waals surface area contributed by atoms with Crippen molar-refractivity contribution in [3.63, 3.8) is 0 Å². The van der Waals surface area contributed by atoms with E-state index in [2.05, 4.69) is 31.1 Å². The topological polar surface area (TPSA) is 87.2 Å². The van der Waals surface area contributed by atoms with Crippen LogP contribution in [0.15, 0.2) is 36.4 Å². The second-order valence-corrected chi connectivity index (χ2v) is 6.72. The summed E-state index contributed by atoms with van der Waals surface area (Å²) in [5.74, 6) is -0.755. The van der Waals surface area contributed by atoms with Crippen LogP contribution in [0.5, 0.6) is 0 Å². The van der Waals surface area contributed by atoms with Crippen molar-refractivity contribution in [1.29, 1.82) is 0 Å². The fourth-order valence-electron chi connectivity index (χ4n) is 2.75. The molecule has 0 spiro atoms. The number of rotatable bonds is 3. The van der Waals surface area contributed by atoms with E-state index >= 15 is 0 Å². The van der Waals surface area contributed by atoms with Gasteiger partial charge in [-0.2, -0.15) is 22.5 Å². The van der Waals surface area contributed by atoms with Gasteiger partial charge in [-0.3, -0.25) is 0 Å². The summed E-state index contributed by atoms with van der Waals surface area (Å²) in [7, 11) is 0. The predicted octanol–water partition coefficient (Wildman–Crippen LogP) is 3.94. The summed E-state index contributed by atoms with van der Waals surface area (Å²) in [6.07, 6.45) is -4.73. The summed E-state index contributed by atoms with van der Waals surface area (Å²) in [4.78, 5) is 0. The van der Waals surface area contributed by atoms with Crippen molar-refractivity contribution in [1.82, 2.24) is 40.4 Å². The average molecular weight is 441 g/mol. The van der Waals surface area contributed by atoms with E-state index in [1.807, 2.05) is 0 Å². The monoisotopic (exact) mass is 440 g/mol. The minimum Gasteiger partial charge on any atom is -0.197 e. The summed E-state index contributed by atoms with van der Waals surface area (Å²) in [5, 5.41) is 21.7. The Labute approximate surface area is 170 Å². The number of nitrogens with zero attached hydrogens (tertiary/aromatic N) is 8. The molecule has 0 N–H and O–H groups in total. The first kappa shape index (κ1) is 19.3. The minimum absolute atomic E-state index is 0.0705. The molecular weight excluding hydrogens is 432 g/mol. The lowest BCUT2D eigenvalue weighted by Crippen LogP contribution is -2.14. The van der Waals surface area contributed by atoms with E-state index in [-0.39, 0.29) is 10.7 Å². The highest BCUT2D eigenvalue weighted by Crippen LogP contribution is 2.36. The normalized spacial score (nSPS) is 11.8. The Morgan fingerprint density at radius 3 is 2.28 bits per heavy atom. The van der Waals surface area contributed by atoms with E-state index in [1.165, 1.54) is 22.9 Å². The second-order valence-electron chi connectivity index (χ2n) is 5.88. The van der Waals surface area contributed by atoms with Gasteiger partial charge in [0.25, 0.3) is 5.82 Å². The Hall–Kier alpha value is -3.05. The molecule has 0 aliphatic rings. The van der Waals surface area contributed by atoms with Crippen molar-refractivity contribution in [2.45, 2.75) is 13.1 Å². The van der Waals surface area contributed by atoms with Crippen molar-refractivity contribution in [3.8, 4) is 22.5 Å². The first-order chi connectivity index (χ1) is 13.8. The molecule has 0 saturated carbocycles. The van der Waals surface area contributed by atoms with Gasteiger partial charge in [0.15, 0.2) is 5.82 Å². The van der Waals surface area contributed by atoms with Gasteiger partial charge < -0.3 is 0 Å². The third-order valence-corrected chi connectivity index (χ3v) is 4.58. The lowest BCUT2D eigenvalue weighted by Gasteiger charge is -2.14. The lowest BCUT2D eigenvalue weighted by molar-refractivity contribution is -0.146. The number of aromatic nitrogens is 8. The molecule has 2 heterocycles. The van der Waals surface area contributed by atoms with Crippen molar-refractivity contribution in [2.75, 3.05) is 0 Å². The van der Waals surface area contributed by atoms with Gasteiger partial charge >= 0.3 is 6.18 Å². The van der Waals surface area contributed by atoms with Crippen molar-refractivity contribution in [2.24, 2.45) is 0 Å². The highest BCUT2D eigenvalue weighted by atomic mass is 35.5. The van der Waals surface area contributed by atoms with Crippen LogP contribution >= 0.6 is 23.2 Å². The van der Waals surface area contributed by atoms with Gasteiger partial charge in [0, 0.05) is 21.2 Å². The third kappa shape index (κ3) is 3.54.